The fraction of sp³-hybridized carbons (Fsp3) is 0.350. The van der Waals surface area contributed by atoms with Gasteiger partial charge >= 0.3 is 6.03 Å². The van der Waals surface area contributed by atoms with E-state index in [1.807, 2.05) is 6.07 Å². The fourth-order valence-corrected chi connectivity index (χ4v) is 3.91. The standard InChI is InChI=1S/C20H21FN2O2/c1-20(25,13-6-8-14(21)9-7-13)11-22-19(24)23-18-16-10-12-4-2-3-5-15(12)17(16)18/h2-9,16-18,25H,10-11H2,1H3,(H2,22,23,24)/t16-,17+,18+,20-/m0/s1. The van der Waals surface area contributed by atoms with Crippen molar-refractivity contribution in [1.82, 2.24) is 10.6 Å². The third-order valence-corrected chi connectivity index (χ3v) is 5.40. The number of carbonyl (C=O) groups is 1. The number of rotatable bonds is 4. The van der Waals surface area contributed by atoms with Crippen LogP contribution in [0.4, 0.5) is 9.18 Å². The van der Waals surface area contributed by atoms with Crippen LogP contribution in [0.15, 0.2) is 48.5 Å². The van der Waals surface area contributed by atoms with Gasteiger partial charge in [-0.25, -0.2) is 9.18 Å². The van der Waals surface area contributed by atoms with Crippen LogP contribution in [-0.2, 0) is 12.0 Å². The third-order valence-electron chi connectivity index (χ3n) is 5.40. The molecule has 130 valence electrons. The van der Waals surface area contributed by atoms with Crippen molar-refractivity contribution in [3.05, 3.63) is 71.0 Å². The second-order valence-corrected chi connectivity index (χ2v) is 7.23. The molecule has 0 spiro atoms. The number of aliphatic hydroxyl groups is 1. The first-order valence-corrected chi connectivity index (χ1v) is 8.56. The number of carbonyl (C=O) groups excluding carboxylic acids is 1. The minimum Gasteiger partial charge on any atom is -0.384 e. The zero-order chi connectivity index (χ0) is 17.6. The Bertz CT molecular complexity index is 804. The second kappa shape index (κ2) is 5.85. The number of benzene rings is 2. The Morgan fingerprint density at radius 2 is 1.96 bits per heavy atom. The van der Waals surface area contributed by atoms with Gasteiger partial charge < -0.3 is 15.7 Å². The summed E-state index contributed by atoms with van der Waals surface area (Å²) in [7, 11) is 0. The van der Waals surface area contributed by atoms with Gasteiger partial charge in [0, 0.05) is 12.0 Å². The molecule has 25 heavy (non-hydrogen) atoms. The molecule has 0 heterocycles. The lowest BCUT2D eigenvalue weighted by molar-refractivity contribution is 0.0593. The summed E-state index contributed by atoms with van der Waals surface area (Å²) in [6.07, 6.45) is 1.01. The molecule has 4 rings (SSSR count). The van der Waals surface area contributed by atoms with E-state index < -0.39 is 5.60 Å². The number of amides is 2. The number of halogens is 1. The molecular formula is C20H21FN2O2. The quantitative estimate of drug-likeness (QED) is 0.801. The summed E-state index contributed by atoms with van der Waals surface area (Å²) in [5.74, 6) is 0.547. The summed E-state index contributed by atoms with van der Waals surface area (Å²) in [4.78, 5) is 12.2. The average molecular weight is 340 g/mol. The molecule has 1 saturated carbocycles. The number of hydrogen-bond donors (Lipinski definition) is 3. The maximum absolute atomic E-state index is 13.0. The molecule has 0 radical (unpaired) electrons. The lowest BCUT2D eigenvalue weighted by Gasteiger charge is -2.24. The molecule has 2 aliphatic carbocycles. The number of hydrogen-bond acceptors (Lipinski definition) is 2. The first-order chi connectivity index (χ1) is 12.0. The van der Waals surface area contributed by atoms with Crippen LogP contribution in [0.5, 0.6) is 0 Å². The van der Waals surface area contributed by atoms with E-state index >= 15 is 0 Å². The summed E-state index contributed by atoms with van der Waals surface area (Å²) >= 11 is 0. The van der Waals surface area contributed by atoms with Crippen molar-refractivity contribution >= 4 is 6.03 Å². The van der Waals surface area contributed by atoms with Crippen LogP contribution < -0.4 is 10.6 Å². The van der Waals surface area contributed by atoms with Crippen molar-refractivity contribution in [2.75, 3.05) is 6.54 Å². The predicted octanol–water partition coefficient (Wildman–Crippen LogP) is 2.67. The van der Waals surface area contributed by atoms with E-state index in [0.717, 1.165) is 6.42 Å². The zero-order valence-electron chi connectivity index (χ0n) is 14.0. The van der Waals surface area contributed by atoms with E-state index in [1.54, 1.807) is 6.92 Å². The van der Waals surface area contributed by atoms with Crippen LogP contribution in [0.1, 0.15) is 29.5 Å². The van der Waals surface area contributed by atoms with Crippen molar-refractivity contribution in [3.8, 4) is 0 Å². The van der Waals surface area contributed by atoms with Gasteiger partial charge in [-0.2, -0.15) is 0 Å². The highest BCUT2D eigenvalue weighted by Crippen LogP contribution is 2.56. The molecule has 2 aromatic carbocycles. The third kappa shape index (κ3) is 3.00. The van der Waals surface area contributed by atoms with E-state index in [0.29, 0.717) is 17.4 Å². The molecule has 0 aromatic heterocycles. The van der Waals surface area contributed by atoms with E-state index in [2.05, 4.69) is 28.8 Å². The Labute approximate surface area is 146 Å². The van der Waals surface area contributed by atoms with Gasteiger partial charge in [0.25, 0.3) is 0 Å². The van der Waals surface area contributed by atoms with Crippen molar-refractivity contribution < 1.29 is 14.3 Å². The highest BCUT2D eigenvalue weighted by molar-refractivity contribution is 5.75. The van der Waals surface area contributed by atoms with Crippen molar-refractivity contribution in [2.45, 2.75) is 30.9 Å². The summed E-state index contributed by atoms with van der Waals surface area (Å²) in [6, 6.07) is 13.9. The maximum Gasteiger partial charge on any atom is 0.315 e. The van der Waals surface area contributed by atoms with Gasteiger partial charge in [0.15, 0.2) is 0 Å². The molecule has 0 saturated heterocycles. The average Bonchev–Trinajstić information content (AvgIpc) is 3.10. The maximum atomic E-state index is 13.0. The first kappa shape index (κ1) is 16.1. The van der Waals surface area contributed by atoms with Gasteiger partial charge in [0.1, 0.15) is 11.4 Å². The van der Waals surface area contributed by atoms with Gasteiger partial charge in [-0.05, 0) is 48.1 Å². The molecule has 4 atom stereocenters. The SMILES string of the molecule is C[C@](O)(CNC(=O)N[C@@H]1[C@H]2Cc3ccccc3[C@H]21)c1ccc(F)cc1. The molecule has 0 unspecified atom stereocenters. The van der Waals surface area contributed by atoms with Crippen LogP contribution in [0.25, 0.3) is 0 Å². The van der Waals surface area contributed by atoms with Crippen molar-refractivity contribution in [2.24, 2.45) is 5.92 Å². The van der Waals surface area contributed by atoms with Gasteiger partial charge in [0.05, 0.1) is 6.54 Å². The molecule has 3 N–H and O–H groups in total. The molecule has 4 nitrogen and oxygen atoms in total. The van der Waals surface area contributed by atoms with Crippen LogP contribution >= 0.6 is 0 Å². The highest BCUT2D eigenvalue weighted by Gasteiger charge is 2.56. The summed E-state index contributed by atoms with van der Waals surface area (Å²) in [5.41, 5.74) is 2.04. The number of fused-ring (bicyclic) bond motifs is 3. The van der Waals surface area contributed by atoms with Crippen LogP contribution in [0.3, 0.4) is 0 Å². The zero-order valence-corrected chi connectivity index (χ0v) is 14.0. The Morgan fingerprint density at radius 1 is 1.24 bits per heavy atom. The number of nitrogens with one attached hydrogen (secondary N) is 2. The molecule has 0 aliphatic heterocycles. The van der Waals surface area contributed by atoms with E-state index in [1.165, 1.54) is 35.4 Å². The molecule has 1 fully saturated rings. The lowest BCUT2D eigenvalue weighted by atomic mass is 9.96. The normalized spacial score (nSPS) is 25.5. The smallest absolute Gasteiger partial charge is 0.315 e. The van der Waals surface area contributed by atoms with E-state index in [9.17, 15) is 14.3 Å². The Morgan fingerprint density at radius 3 is 2.72 bits per heavy atom. The minimum absolute atomic E-state index is 0.0586. The lowest BCUT2D eigenvalue weighted by Crippen LogP contribution is -2.44. The molecule has 5 heteroatoms. The molecule has 0 bridgehead atoms. The number of urea groups is 1. The Kier molecular flexibility index (Phi) is 3.76. The predicted molar refractivity (Wildman–Crippen MR) is 92.7 cm³/mol. The molecular weight excluding hydrogens is 319 g/mol. The van der Waals surface area contributed by atoms with E-state index in [-0.39, 0.29) is 24.4 Å². The fourth-order valence-electron chi connectivity index (χ4n) is 3.91. The monoisotopic (exact) mass is 340 g/mol. The second-order valence-electron chi connectivity index (χ2n) is 7.23. The van der Waals surface area contributed by atoms with Gasteiger partial charge in [0.2, 0.25) is 0 Å². The van der Waals surface area contributed by atoms with Gasteiger partial charge in [-0.1, -0.05) is 36.4 Å². The Balaban J connectivity index is 1.31. The summed E-state index contributed by atoms with van der Waals surface area (Å²) in [6.45, 7) is 1.66. The van der Waals surface area contributed by atoms with Crippen LogP contribution in [0.2, 0.25) is 0 Å². The van der Waals surface area contributed by atoms with Gasteiger partial charge in [-0.15, -0.1) is 0 Å². The summed E-state index contributed by atoms with van der Waals surface area (Å²) in [5, 5.41) is 16.2. The Hall–Kier alpha value is -2.40. The van der Waals surface area contributed by atoms with Crippen LogP contribution in [0, 0.1) is 11.7 Å². The largest absolute Gasteiger partial charge is 0.384 e. The van der Waals surface area contributed by atoms with E-state index in [4.69, 9.17) is 0 Å². The first-order valence-electron chi connectivity index (χ1n) is 8.56. The van der Waals surface area contributed by atoms with Crippen molar-refractivity contribution in [1.29, 1.82) is 0 Å². The topological polar surface area (TPSA) is 61.4 Å². The highest BCUT2D eigenvalue weighted by atomic mass is 19.1. The summed E-state index contributed by atoms with van der Waals surface area (Å²) < 4.78 is 13.0. The molecule has 2 aliphatic rings. The molecule has 2 amide bonds. The molecule has 2 aromatic rings. The van der Waals surface area contributed by atoms with Crippen molar-refractivity contribution in [3.63, 3.8) is 0 Å². The van der Waals surface area contributed by atoms with Crippen LogP contribution in [-0.4, -0.2) is 23.7 Å². The minimum atomic E-state index is -1.25. The van der Waals surface area contributed by atoms with Gasteiger partial charge in [-0.3, -0.25) is 0 Å².